The number of hydrogen-bond donors (Lipinski definition) is 1. The van der Waals surface area contributed by atoms with E-state index < -0.39 is 18.0 Å². The fraction of sp³-hybridized carbons (Fsp3) is 0.294. The lowest BCUT2D eigenvalue weighted by Crippen LogP contribution is -2.28. The number of likely N-dealkylation sites (tertiary alicyclic amines) is 1. The molecule has 7 nitrogen and oxygen atoms in total. The number of aromatic amines is 1. The average Bonchev–Trinajstić information content (AvgIpc) is 3.39. The SMILES string of the molecule is O=C(c1cc(-c2ccc(F)cc2)n[nH]1)N1CC[C@@H](c2noc(C(F)(F)F)n2)C1. The molecular weight excluding hydrogens is 382 g/mol. The van der Waals surface area contributed by atoms with Crippen LogP contribution in [0.15, 0.2) is 34.9 Å². The molecule has 0 saturated carbocycles. The Morgan fingerprint density at radius 2 is 2.00 bits per heavy atom. The molecule has 1 amide bonds. The van der Waals surface area contributed by atoms with Crippen molar-refractivity contribution in [2.45, 2.75) is 18.5 Å². The summed E-state index contributed by atoms with van der Waals surface area (Å²) in [6.45, 7) is 0.505. The molecule has 0 radical (unpaired) electrons. The molecular formula is C17H13F4N5O2. The molecule has 1 aliphatic heterocycles. The van der Waals surface area contributed by atoms with E-state index in [1.165, 1.54) is 17.0 Å². The number of carbonyl (C=O) groups is 1. The molecule has 1 aliphatic rings. The zero-order chi connectivity index (χ0) is 19.9. The van der Waals surface area contributed by atoms with Gasteiger partial charge in [0.05, 0.1) is 5.69 Å². The van der Waals surface area contributed by atoms with E-state index in [0.29, 0.717) is 24.2 Å². The summed E-state index contributed by atoms with van der Waals surface area (Å²) in [6.07, 6.45) is -4.28. The minimum absolute atomic E-state index is 0.0702. The minimum atomic E-state index is -4.70. The van der Waals surface area contributed by atoms with E-state index in [1.807, 2.05) is 0 Å². The summed E-state index contributed by atoms with van der Waals surface area (Å²) in [7, 11) is 0. The van der Waals surface area contributed by atoms with Gasteiger partial charge in [-0.3, -0.25) is 9.89 Å². The van der Waals surface area contributed by atoms with Crippen molar-refractivity contribution in [3.05, 3.63) is 53.6 Å². The highest BCUT2D eigenvalue weighted by atomic mass is 19.4. The van der Waals surface area contributed by atoms with Gasteiger partial charge in [0, 0.05) is 24.6 Å². The number of benzene rings is 1. The van der Waals surface area contributed by atoms with E-state index in [4.69, 9.17) is 0 Å². The summed E-state index contributed by atoms with van der Waals surface area (Å²) in [5.74, 6) is -2.64. The van der Waals surface area contributed by atoms with Crippen molar-refractivity contribution in [3.8, 4) is 11.3 Å². The van der Waals surface area contributed by atoms with Crippen LogP contribution in [0.1, 0.15) is 34.5 Å². The number of amides is 1. The smallest absolute Gasteiger partial charge is 0.337 e. The molecule has 1 aromatic carbocycles. The molecule has 0 aliphatic carbocycles. The maximum atomic E-state index is 13.0. The van der Waals surface area contributed by atoms with Crippen LogP contribution in [-0.2, 0) is 6.18 Å². The Hall–Kier alpha value is -3.24. The van der Waals surface area contributed by atoms with Crippen molar-refractivity contribution < 1.29 is 26.9 Å². The lowest BCUT2D eigenvalue weighted by atomic mass is 10.1. The molecule has 4 rings (SSSR count). The van der Waals surface area contributed by atoms with Gasteiger partial charge in [-0.1, -0.05) is 5.16 Å². The van der Waals surface area contributed by atoms with E-state index in [9.17, 15) is 22.4 Å². The highest BCUT2D eigenvalue weighted by molar-refractivity contribution is 5.93. The first-order valence-electron chi connectivity index (χ1n) is 8.32. The average molecular weight is 395 g/mol. The third kappa shape index (κ3) is 3.47. The largest absolute Gasteiger partial charge is 0.471 e. The van der Waals surface area contributed by atoms with Crippen LogP contribution >= 0.6 is 0 Å². The Balaban J connectivity index is 1.45. The van der Waals surface area contributed by atoms with Crippen molar-refractivity contribution in [2.75, 3.05) is 13.1 Å². The van der Waals surface area contributed by atoms with E-state index in [0.717, 1.165) is 0 Å². The zero-order valence-electron chi connectivity index (χ0n) is 14.2. The van der Waals surface area contributed by atoms with Crippen molar-refractivity contribution >= 4 is 5.91 Å². The Labute approximate surface area is 155 Å². The van der Waals surface area contributed by atoms with Crippen LogP contribution in [0.25, 0.3) is 11.3 Å². The van der Waals surface area contributed by atoms with Gasteiger partial charge in [-0.25, -0.2) is 4.39 Å². The van der Waals surface area contributed by atoms with Gasteiger partial charge in [0.2, 0.25) is 0 Å². The monoisotopic (exact) mass is 395 g/mol. The molecule has 2 aromatic heterocycles. The van der Waals surface area contributed by atoms with Crippen LogP contribution in [0.5, 0.6) is 0 Å². The van der Waals surface area contributed by atoms with Crippen LogP contribution < -0.4 is 0 Å². The van der Waals surface area contributed by atoms with E-state index in [2.05, 4.69) is 24.9 Å². The summed E-state index contributed by atoms with van der Waals surface area (Å²) >= 11 is 0. The van der Waals surface area contributed by atoms with Crippen LogP contribution in [0.2, 0.25) is 0 Å². The van der Waals surface area contributed by atoms with Crippen molar-refractivity contribution in [1.82, 2.24) is 25.2 Å². The lowest BCUT2D eigenvalue weighted by molar-refractivity contribution is -0.159. The predicted octanol–water partition coefficient (Wildman–Crippen LogP) is 3.25. The molecule has 3 aromatic rings. The van der Waals surface area contributed by atoms with E-state index >= 15 is 0 Å². The van der Waals surface area contributed by atoms with Crippen LogP contribution in [0, 0.1) is 5.82 Å². The number of halogens is 4. The molecule has 11 heteroatoms. The van der Waals surface area contributed by atoms with Gasteiger partial charge in [0.1, 0.15) is 11.5 Å². The van der Waals surface area contributed by atoms with Crippen LogP contribution in [0.4, 0.5) is 17.6 Å². The van der Waals surface area contributed by atoms with Gasteiger partial charge in [0.25, 0.3) is 5.91 Å². The van der Waals surface area contributed by atoms with Gasteiger partial charge in [-0.15, -0.1) is 0 Å². The number of nitrogens with zero attached hydrogens (tertiary/aromatic N) is 4. The van der Waals surface area contributed by atoms with Gasteiger partial charge in [-0.05, 0) is 36.8 Å². The number of aromatic nitrogens is 4. The quantitative estimate of drug-likeness (QED) is 0.688. The van der Waals surface area contributed by atoms with Crippen LogP contribution in [-0.4, -0.2) is 44.2 Å². The fourth-order valence-electron chi connectivity index (χ4n) is 3.04. The highest BCUT2D eigenvalue weighted by Crippen LogP contribution is 2.31. The van der Waals surface area contributed by atoms with Gasteiger partial charge >= 0.3 is 12.1 Å². The predicted molar refractivity (Wildman–Crippen MR) is 86.5 cm³/mol. The molecule has 0 bridgehead atoms. The minimum Gasteiger partial charge on any atom is -0.337 e. The molecule has 1 atom stereocenters. The van der Waals surface area contributed by atoms with Crippen molar-refractivity contribution in [3.63, 3.8) is 0 Å². The second-order valence-corrected chi connectivity index (χ2v) is 6.37. The summed E-state index contributed by atoms with van der Waals surface area (Å²) in [5, 5.41) is 10.1. The number of nitrogens with one attached hydrogen (secondary N) is 1. The van der Waals surface area contributed by atoms with Gasteiger partial charge < -0.3 is 9.42 Å². The lowest BCUT2D eigenvalue weighted by Gasteiger charge is -2.14. The maximum absolute atomic E-state index is 13.0. The summed E-state index contributed by atoms with van der Waals surface area (Å²) in [4.78, 5) is 17.5. The highest BCUT2D eigenvalue weighted by Gasteiger charge is 2.40. The van der Waals surface area contributed by atoms with Gasteiger partial charge in [0.15, 0.2) is 5.82 Å². The molecule has 1 N–H and O–H groups in total. The first-order chi connectivity index (χ1) is 13.3. The molecule has 0 unspecified atom stereocenters. The number of hydrogen-bond acceptors (Lipinski definition) is 5. The molecule has 1 saturated heterocycles. The first kappa shape index (κ1) is 18.1. The Morgan fingerprint density at radius 1 is 1.25 bits per heavy atom. The standard InChI is InChI=1S/C17H13F4N5O2/c18-11-3-1-9(2-4-11)12-7-13(24-23-12)15(27)26-6-5-10(8-26)14-22-16(28-25-14)17(19,20)21/h1-4,7,10H,5-6,8H2,(H,23,24)/t10-/m1/s1. The second kappa shape index (κ2) is 6.73. The molecule has 146 valence electrons. The molecule has 3 heterocycles. The molecule has 28 heavy (non-hydrogen) atoms. The Kier molecular flexibility index (Phi) is 4.36. The van der Waals surface area contributed by atoms with E-state index in [1.54, 1.807) is 18.2 Å². The molecule has 0 spiro atoms. The van der Waals surface area contributed by atoms with Crippen molar-refractivity contribution in [1.29, 1.82) is 0 Å². The van der Waals surface area contributed by atoms with Gasteiger partial charge in [-0.2, -0.15) is 23.3 Å². The first-order valence-corrected chi connectivity index (χ1v) is 8.32. The third-order valence-corrected chi connectivity index (χ3v) is 4.47. The topological polar surface area (TPSA) is 87.9 Å². The third-order valence-electron chi connectivity index (χ3n) is 4.47. The Bertz CT molecular complexity index is 996. The zero-order valence-corrected chi connectivity index (χ0v) is 14.2. The number of alkyl halides is 3. The second-order valence-electron chi connectivity index (χ2n) is 6.37. The maximum Gasteiger partial charge on any atom is 0.471 e. The fourth-order valence-corrected chi connectivity index (χ4v) is 3.04. The van der Waals surface area contributed by atoms with Crippen LogP contribution in [0.3, 0.4) is 0 Å². The normalized spacial score (nSPS) is 17.3. The molecule has 1 fully saturated rings. The number of H-pyrrole nitrogens is 1. The summed E-state index contributed by atoms with van der Waals surface area (Å²) in [6, 6.07) is 7.20. The Morgan fingerprint density at radius 3 is 2.68 bits per heavy atom. The number of carbonyl (C=O) groups excluding carboxylic acids is 1. The summed E-state index contributed by atoms with van der Waals surface area (Å²) in [5.41, 5.74) is 1.35. The van der Waals surface area contributed by atoms with Crippen molar-refractivity contribution in [2.24, 2.45) is 0 Å². The number of rotatable bonds is 3. The summed E-state index contributed by atoms with van der Waals surface area (Å²) < 4.78 is 55.0. The van der Waals surface area contributed by atoms with E-state index in [-0.39, 0.29) is 29.8 Å².